The molecule has 1 N–H and O–H groups in total. The third-order valence-corrected chi connectivity index (χ3v) is 7.37. The van der Waals surface area contributed by atoms with Gasteiger partial charge in [-0.2, -0.15) is 8.42 Å². The molecule has 0 saturated heterocycles. The van der Waals surface area contributed by atoms with Crippen molar-refractivity contribution in [1.29, 1.82) is 0 Å². The molecule has 0 radical (unpaired) electrons. The Bertz CT molecular complexity index is 1400. The average molecular weight is 485 g/mol. The molecule has 170 valence electrons. The second kappa shape index (κ2) is 9.26. The molecular weight excluding hydrogens is 464 g/mol. The summed E-state index contributed by atoms with van der Waals surface area (Å²) in [6.45, 7) is 1.74. The van der Waals surface area contributed by atoms with E-state index >= 15 is 0 Å². The number of para-hydroxylation sites is 1. The molecule has 0 aliphatic heterocycles. The van der Waals surface area contributed by atoms with Gasteiger partial charge in [-0.05, 0) is 30.7 Å². The first kappa shape index (κ1) is 22.8. The summed E-state index contributed by atoms with van der Waals surface area (Å²) in [5.74, 6) is -0.606. The number of sulfonamides is 1. The van der Waals surface area contributed by atoms with Gasteiger partial charge in [-0.3, -0.25) is 4.72 Å². The van der Waals surface area contributed by atoms with Gasteiger partial charge in [-0.1, -0.05) is 36.4 Å². The number of pyridine rings is 1. The number of nitrogens with zero attached hydrogens (tertiary/aromatic N) is 1. The molecule has 1 atom stereocenters. The molecule has 2 aromatic heterocycles. The fourth-order valence-corrected chi connectivity index (χ4v) is 5.55. The Labute approximate surface area is 193 Å². The van der Waals surface area contributed by atoms with E-state index < -0.39 is 27.2 Å². The first-order valence-electron chi connectivity index (χ1n) is 9.81. The highest BCUT2D eigenvalue weighted by atomic mass is 32.2. The minimum absolute atomic E-state index is 0.0416. The monoisotopic (exact) mass is 484 g/mol. The highest BCUT2D eigenvalue weighted by Gasteiger charge is 2.27. The molecule has 8 nitrogen and oxygen atoms in total. The number of carbonyl (C=O) groups excluding carboxylic acids is 1. The predicted molar refractivity (Wildman–Crippen MR) is 124 cm³/mol. The summed E-state index contributed by atoms with van der Waals surface area (Å²) in [6.07, 6.45) is 1.50. The van der Waals surface area contributed by atoms with Crippen LogP contribution in [0.15, 0.2) is 81.4 Å². The van der Waals surface area contributed by atoms with Crippen molar-refractivity contribution in [2.24, 2.45) is 0 Å². The number of hydrogen-bond acceptors (Lipinski definition) is 7. The molecule has 4 rings (SSSR count). The second-order valence-electron chi connectivity index (χ2n) is 7.21. The number of benzene rings is 2. The summed E-state index contributed by atoms with van der Waals surface area (Å²) in [4.78, 5) is 16.3. The number of carbonyl (C=O) groups is 1. The Morgan fingerprint density at radius 3 is 2.64 bits per heavy atom. The molecule has 0 aliphatic rings. The normalized spacial score (nSPS) is 12.5. The lowest BCUT2D eigenvalue weighted by molar-refractivity contribution is 0.0600. The number of anilines is 1. The minimum atomic E-state index is -4.11. The van der Waals surface area contributed by atoms with Crippen LogP contribution in [0.2, 0.25) is 0 Å². The maximum absolute atomic E-state index is 13.2. The van der Waals surface area contributed by atoms with Crippen LogP contribution in [0.3, 0.4) is 0 Å². The fraction of sp³-hybridized carbons (Fsp3) is 0.130. The second-order valence-corrected chi connectivity index (χ2v) is 10.2. The standard InChI is InChI=1S/C23H20N2O6S2/c1-15-11-19(25-33(28,29)21-12-16-7-4-6-10-20(16)31-21)22(24-13-15)32(27)14-17-8-3-5-9-18(17)23(26)30-2/h3-13,25H,14H2,1-2H3. The topological polar surface area (TPSA) is 122 Å². The molecular formula is C23H20N2O6S2. The minimum Gasteiger partial charge on any atom is -0.610 e. The smallest absolute Gasteiger partial charge is 0.338 e. The van der Waals surface area contributed by atoms with Crippen LogP contribution in [-0.2, 0) is 31.7 Å². The summed E-state index contributed by atoms with van der Waals surface area (Å²) < 4.78 is 51.9. The molecule has 2 heterocycles. The van der Waals surface area contributed by atoms with Crippen LogP contribution in [0.4, 0.5) is 5.69 Å². The predicted octanol–water partition coefficient (Wildman–Crippen LogP) is 4.03. The summed E-state index contributed by atoms with van der Waals surface area (Å²) >= 11 is -1.77. The van der Waals surface area contributed by atoms with Crippen LogP contribution in [-0.4, -0.2) is 31.0 Å². The van der Waals surface area contributed by atoms with Gasteiger partial charge in [0.15, 0.2) is 0 Å². The lowest BCUT2D eigenvalue weighted by Crippen LogP contribution is -2.18. The Balaban J connectivity index is 1.66. The van der Waals surface area contributed by atoms with Gasteiger partial charge >= 0.3 is 5.97 Å². The number of aryl methyl sites for hydroxylation is 1. The number of ether oxygens (including phenoxy) is 1. The molecule has 2 aromatic carbocycles. The molecule has 0 amide bonds. The van der Waals surface area contributed by atoms with E-state index in [1.807, 2.05) is 0 Å². The summed E-state index contributed by atoms with van der Waals surface area (Å²) in [6, 6.07) is 16.5. The van der Waals surface area contributed by atoms with Crippen LogP contribution in [0.1, 0.15) is 21.5 Å². The highest BCUT2D eigenvalue weighted by molar-refractivity contribution is 7.93. The summed E-state index contributed by atoms with van der Waals surface area (Å²) in [5, 5.41) is 0.418. The summed E-state index contributed by atoms with van der Waals surface area (Å²) in [5.41, 5.74) is 1.96. The third kappa shape index (κ3) is 4.87. The fourth-order valence-electron chi connectivity index (χ4n) is 3.26. The van der Waals surface area contributed by atoms with Crippen molar-refractivity contribution in [2.45, 2.75) is 22.8 Å². The van der Waals surface area contributed by atoms with E-state index in [1.54, 1.807) is 61.5 Å². The largest absolute Gasteiger partial charge is 0.610 e. The Morgan fingerprint density at radius 2 is 1.88 bits per heavy atom. The van der Waals surface area contributed by atoms with Crippen molar-refractivity contribution >= 4 is 43.8 Å². The number of furan rings is 1. The van der Waals surface area contributed by atoms with E-state index in [9.17, 15) is 17.8 Å². The van der Waals surface area contributed by atoms with Crippen LogP contribution < -0.4 is 4.72 Å². The molecule has 0 aliphatic carbocycles. The van der Waals surface area contributed by atoms with Crippen molar-refractivity contribution in [3.8, 4) is 0 Å². The lowest BCUT2D eigenvalue weighted by atomic mass is 10.1. The van der Waals surface area contributed by atoms with Crippen LogP contribution >= 0.6 is 0 Å². The zero-order valence-corrected chi connectivity index (χ0v) is 19.4. The zero-order chi connectivity index (χ0) is 23.6. The number of hydrogen-bond donors (Lipinski definition) is 1. The van der Waals surface area contributed by atoms with Crippen LogP contribution in [0, 0.1) is 6.92 Å². The Morgan fingerprint density at radius 1 is 1.15 bits per heavy atom. The van der Waals surface area contributed by atoms with Gasteiger partial charge in [0.25, 0.3) is 15.0 Å². The van der Waals surface area contributed by atoms with Crippen molar-refractivity contribution < 1.29 is 26.9 Å². The summed E-state index contributed by atoms with van der Waals surface area (Å²) in [7, 11) is -2.85. The quantitative estimate of drug-likeness (QED) is 0.310. The van der Waals surface area contributed by atoms with Crippen LogP contribution in [0.5, 0.6) is 0 Å². The molecule has 10 heteroatoms. The number of rotatable bonds is 7. The van der Waals surface area contributed by atoms with Crippen LogP contribution in [0.25, 0.3) is 11.0 Å². The molecule has 33 heavy (non-hydrogen) atoms. The van der Waals surface area contributed by atoms with E-state index in [2.05, 4.69) is 9.71 Å². The number of methoxy groups -OCH3 is 1. The Kier molecular flexibility index (Phi) is 6.41. The molecule has 0 fully saturated rings. The molecule has 4 aromatic rings. The SMILES string of the molecule is COC(=O)c1ccccc1C[S+]([O-])c1ncc(C)cc1NS(=O)(=O)c1cc2ccccc2o1. The first-order chi connectivity index (χ1) is 15.8. The average Bonchev–Trinajstić information content (AvgIpc) is 3.24. The number of esters is 1. The van der Waals surface area contributed by atoms with Gasteiger partial charge in [0, 0.05) is 34.4 Å². The van der Waals surface area contributed by atoms with Crippen molar-refractivity contribution in [1.82, 2.24) is 4.98 Å². The number of fused-ring (bicyclic) bond motifs is 1. The molecule has 0 spiro atoms. The van der Waals surface area contributed by atoms with Gasteiger partial charge in [-0.25, -0.2) is 9.78 Å². The van der Waals surface area contributed by atoms with Crippen molar-refractivity contribution in [2.75, 3.05) is 11.8 Å². The zero-order valence-electron chi connectivity index (χ0n) is 17.8. The highest BCUT2D eigenvalue weighted by Crippen LogP contribution is 2.29. The van der Waals surface area contributed by atoms with Gasteiger partial charge in [0.05, 0.1) is 12.7 Å². The molecule has 0 saturated carbocycles. The van der Waals surface area contributed by atoms with Crippen molar-refractivity contribution in [3.05, 3.63) is 83.6 Å². The molecule has 0 bridgehead atoms. The third-order valence-electron chi connectivity index (χ3n) is 4.82. The Hall–Kier alpha value is -3.34. The maximum Gasteiger partial charge on any atom is 0.338 e. The molecule has 1 unspecified atom stereocenters. The number of aromatic nitrogens is 1. The number of nitrogens with one attached hydrogen (secondary N) is 1. The van der Waals surface area contributed by atoms with Gasteiger partial charge in [0.2, 0.25) is 5.09 Å². The lowest BCUT2D eigenvalue weighted by Gasteiger charge is -2.15. The maximum atomic E-state index is 13.2. The van der Waals surface area contributed by atoms with E-state index in [4.69, 9.17) is 9.15 Å². The van der Waals surface area contributed by atoms with E-state index in [1.165, 1.54) is 19.4 Å². The van der Waals surface area contributed by atoms with Gasteiger partial charge in [0.1, 0.15) is 17.0 Å². The van der Waals surface area contributed by atoms with E-state index in [0.29, 0.717) is 22.1 Å². The van der Waals surface area contributed by atoms with E-state index in [0.717, 1.165) is 0 Å². The van der Waals surface area contributed by atoms with Crippen molar-refractivity contribution in [3.63, 3.8) is 0 Å². The van der Waals surface area contributed by atoms with E-state index in [-0.39, 0.29) is 27.1 Å². The van der Waals surface area contributed by atoms with Gasteiger partial charge < -0.3 is 13.7 Å². The van der Waals surface area contributed by atoms with Gasteiger partial charge in [-0.15, -0.1) is 0 Å². The first-order valence-corrected chi connectivity index (χ1v) is 12.6.